The molecule has 102 valence electrons. The van der Waals surface area contributed by atoms with Crippen LogP contribution in [-0.4, -0.2) is 37.7 Å². The number of carbonyl (C=O) groups excluding carboxylic acids is 1. The highest BCUT2D eigenvalue weighted by molar-refractivity contribution is 5.93. The molecule has 6 heteroatoms. The third-order valence-corrected chi connectivity index (χ3v) is 2.26. The molecule has 6 nitrogen and oxygen atoms in total. The molecule has 0 fully saturated rings. The summed E-state index contributed by atoms with van der Waals surface area (Å²) in [5.74, 6) is -0.373. The Balaban J connectivity index is 2.79. The zero-order chi connectivity index (χ0) is 14.3. The number of hydrogen-bond donors (Lipinski definition) is 2. The van der Waals surface area contributed by atoms with Crippen LogP contribution < -0.4 is 14.8 Å². The fourth-order valence-corrected chi connectivity index (χ4v) is 1.36. The number of amides is 1. The Hall–Kier alpha value is -2.50. The number of hydrogen-bond acceptors (Lipinski definition) is 4. The van der Waals surface area contributed by atoms with E-state index in [1.54, 1.807) is 18.2 Å². The van der Waals surface area contributed by atoms with Gasteiger partial charge in [0.05, 0.1) is 14.2 Å². The van der Waals surface area contributed by atoms with Crippen molar-refractivity contribution in [3.05, 3.63) is 29.8 Å². The van der Waals surface area contributed by atoms with Gasteiger partial charge in [0.2, 0.25) is 5.91 Å². The molecule has 1 aromatic carbocycles. The molecule has 0 unspecified atom stereocenters. The number of methoxy groups -OCH3 is 2. The second-order valence-electron chi connectivity index (χ2n) is 3.55. The zero-order valence-electron chi connectivity index (χ0n) is 10.7. The molecule has 0 aliphatic rings. The number of carboxylic acid groups (broad SMARTS) is 1. The number of nitrogens with one attached hydrogen (secondary N) is 1. The SMILES string of the molecule is COc1ccc(OC)c(/C=C/C(=O)NCC(=O)O)c1. The highest BCUT2D eigenvalue weighted by atomic mass is 16.5. The van der Waals surface area contributed by atoms with Gasteiger partial charge in [-0.05, 0) is 24.3 Å². The molecule has 1 amide bonds. The third-order valence-electron chi connectivity index (χ3n) is 2.26. The van der Waals surface area contributed by atoms with Gasteiger partial charge in [-0.1, -0.05) is 0 Å². The van der Waals surface area contributed by atoms with E-state index in [9.17, 15) is 9.59 Å². The highest BCUT2D eigenvalue weighted by Crippen LogP contribution is 2.24. The van der Waals surface area contributed by atoms with Crippen molar-refractivity contribution in [1.29, 1.82) is 0 Å². The molecular weight excluding hydrogens is 250 g/mol. The summed E-state index contributed by atoms with van der Waals surface area (Å²) in [6.45, 7) is -0.418. The molecule has 1 rings (SSSR count). The van der Waals surface area contributed by atoms with Crippen LogP contribution in [0, 0.1) is 0 Å². The minimum Gasteiger partial charge on any atom is -0.497 e. The van der Waals surface area contributed by atoms with E-state index in [2.05, 4.69) is 5.32 Å². The topological polar surface area (TPSA) is 84.9 Å². The first kappa shape index (κ1) is 14.6. The first-order valence-electron chi connectivity index (χ1n) is 5.46. The molecule has 0 aromatic heterocycles. The maximum absolute atomic E-state index is 11.3. The van der Waals surface area contributed by atoms with Gasteiger partial charge in [0, 0.05) is 11.6 Å². The quantitative estimate of drug-likeness (QED) is 0.747. The Morgan fingerprint density at radius 1 is 1.32 bits per heavy atom. The minimum atomic E-state index is -1.10. The molecule has 1 aromatic rings. The van der Waals surface area contributed by atoms with Crippen LogP contribution in [0.25, 0.3) is 6.08 Å². The molecule has 2 N–H and O–H groups in total. The van der Waals surface area contributed by atoms with Crippen LogP contribution in [0.1, 0.15) is 5.56 Å². The van der Waals surface area contributed by atoms with Crippen molar-refractivity contribution in [2.75, 3.05) is 20.8 Å². The number of benzene rings is 1. The number of ether oxygens (including phenoxy) is 2. The summed E-state index contributed by atoms with van der Waals surface area (Å²) < 4.78 is 10.2. The normalized spacial score (nSPS) is 10.2. The first-order chi connectivity index (χ1) is 9.06. The smallest absolute Gasteiger partial charge is 0.322 e. The molecular formula is C13H15NO5. The molecule has 0 spiro atoms. The van der Waals surface area contributed by atoms with E-state index in [-0.39, 0.29) is 0 Å². The summed E-state index contributed by atoms with van der Waals surface area (Å²) >= 11 is 0. The van der Waals surface area contributed by atoms with Gasteiger partial charge in [-0.2, -0.15) is 0 Å². The third kappa shape index (κ3) is 4.71. The average Bonchev–Trinajstić information content (AvgIpc) is 2.42. The largest absolute Gasteiger partial charge is 0.497 e. The fourth-order valence-electron chi connectivity index (χ4n) is 1.36. The van der Waals surface area contributed by atoms with Crippen molar-refractivity contribution in [3.63, 3.8) is 0 Å². The molecule has 19 heavy (non-hydrogen) atoms. The maximum Gasteiger partial charge on any atom is 0.322 e. The van der Waals surface area contributed by atoms with Crippen LogP contribution in [0.3, 0.4) is 0 Å². The van der Waals surface area contributed by atoms with E-state index in [1.807, 2.05) is 0 Å². The van der Waals surface area contributed by atoms with E-state index in [0.29, 0.717) is 17.1 Å². The van der Waals surface area contributed by atoms with Gasteiger partial charge >= 0.3 is 5.97 Å². The van der Waals surface area contributed by atoms with Gasteiger partial charge in [0.1, 0.15) is 18.0 Å². The summed E-state index contributed by atoms with van der Waals surface area (Å²) in [7, 11) is 3.05. The summed E-state index contributed by atoms with van der Waals surface area (Å²) in [5, 5.41) is 10.6. The highest BCUT2D eigenvalue weighted by Gasteiger charge is 2.03. The van der Waals surface area contributed by atoms with Crippen LogP contribution in [-0.2, 0) is 9.59 Å². The molecule has 0 aliphatic carbocycles. The van der Waals surface area contributed by atoms with E-state index >= 15 is 0 Å². The van der Waals surface area contributed by atoms with Crippen molar-refractivity contribution in [3.8, 4) is 11.5 Å². The molecule has 0 aliphatic heterocycles. The Labute approximate surface area is 110 Å². The van der Waals surface area contributed by atoms with E-state index in [4.69, 9.17) is 14.6 Å². The predicted molar refractivity (Wildman–Crippen MR) is 69.2 cm³/mol. The van der Waals surface area contributed by atoms with Gasteiger partial charge < -0.3 is 19.9 Å². The summed E-state index contributed by atoms with van der Waals surface area (Å²) in [6.07, 6.45) is 2.76. The number of aliphatic carboxylic acids is 1. The van der Waals surface area contributed by atoms with Crippen molar-refractivity contribution in [2.24, 2.45) is 0 Å². The van der Waals surface area contributed by atoms with Crippen molar-refractivity contribution in [1.82, 2.24) is 5.32 Å². The lowest BCUT2D eigenvalue weighted by Crippen LogP contribution is -2.27. The standard InChI is InChI=1S/C13H15NO5/c1-18-10-4-5-11(19-2)9(7-10)3-6-12(15)14-8-13(16)17/h3-7H,8H2,1-2H3,(H,14,15)(H,16,17)/b6-3+. The lowest BCUT2D eigenvalue weighted by Gasteiger charge is -2.07. The Bertz CT molecular complexity index is 496. The van der Waals surface area contributed by atoms with Gasteiger partial charge in [-0.15, -0.1) is 0 Å². The summed E-state index contributed by atoms with van der Waals surface area (Å²) in [6, 6.07) is 5.16. The predicted octanol–water partition coefficient (Wildman–Crippen LogP) is 0.918. The maximum atomic E-state index is 11.3. The van der Waals surface area contributed by atoms with E-state index < -0.39 is 18.4 Å². The van der Waals surface area contributed by atoms with Crippen molar-refractivity contribution in [2.45, 2.75) is 0 Å². The van der Waals surface area contributed by atoms with Crippen LogP contribution in [0.2, 0.25) is 0 Å². The molecule has 0 saturated carbocycles. The molecule has 0 atom stereocenters. The number of carboxylic acids is 1. The van der Waals surface area contributed by atoms with Crippen LogP contribution in [0.15, 0.2) is 24.3 Å². The molecule has 0 heterocycles. The van der Waals surface area contributed by atoms with Crippen LogP contribution in [0.5, 0.6) is 11.5 Å². The Kier molecular flexibility index (Phi) is 5.40. The second-order valence-corrected chi connectivity index (χ2v) is 3.55. The molecule has 0 radical (unpaired) electrons. The number of rotatable bonds is 6. The Morgan fingerprint density at radius 2 is 2.05 bits per heavy atom. The zero-order valence-corrected chi connectivity index (χ0v) is 10.7. The van der Waals surface area contributed by atoms with Crippen molar-refractivity contribution < 1.29 is 24.2 Å². The second kappa shape index (κ2) is 7.05. The van der Waals surface area contributed by atoms with Gasteiger partial charge in [-0.3, -0.25) is 9.59 Å². The average molecular weight is 265 g/mol. The lowest BCUT2D eigenvalue weighted by molar-refractivity contribution is -0.137. The monoisotopic (exact) mass is 265 g/mol. The minimum absolute atomic E-state index is 0.418. The van der Waals surface area contributed by atoms with Crippen molar-refractivity contribution >= 4 is 18.0 Å². The summed E-state index contributed by atoms with van der Waals surface area (Å²) in [5.41, 5.74) is 0.660. The van der Waals surface area contributed by atoms with Gasteiger partial charge in [0.25, 0.3) is 0 Å². The summed E-state index contributed by atoms with van der Waals surface area (Å²) in [4.78, 5) is 21.6. The van der Waals surface area contributed by atoms with E-state index in [1.165, 1.54) is 26.4 Å². The number of carbonyl (C=O) groups is 2. The van der Waals surface area contributed by atoms with E-state index in [0.717, 1.165) is 0 Å². The van der Waals surface area contributed by atoms with Crippen LogP contribution in [0.4, 0.5) is 0 Å². The molecule has 0 bridgehead atoms. The van der Waals surface area contributed by atoms with Gasteiger partial charge in [0.15, 0.2) is 0 Å². The first-order valence-corrected chi connectivity index (χ1v) is 5.46. The van der Waals surface area contributed by atoms with Crippen LogP contribution >= 0.6 is 0 Å². The van der Waals surface area contributed by atoms with Gasteiger partial charge in [-0.25, -0.2) is 0 Å². The lowest BCUT2D eigenvalue weighted by atomic mass is 10.1. The Morgan fingerprint density at radius 3 is 2.63 bits per heavy atom. The fraction of sp³-hybridized carbons (Fsp3) is 0.231. The molecule has 0 saturated heterocycles.